The molecule has 1 saturated heterocycles. The van der Waals surface area contributed by atoms with E-state index in [1.165, 1.54) is 4.90 Å². The second-order valence-electron chi connectivity index (χ2n) is 11.7. The van der Waals surface area contributed by atoms with Crippen LogP contribution in [0.25, 0.3) is 0 Å². The predicted octanol–water partition coefficient (Wildman–Crippen LogP) is 3.84. The highest BCUT2D eigenvalue weighted by Crippen LogP contribution is 2.32. The summed E-state index contributed by atoms with van der Waals surface area (Å²) in [6.45, 7) is 4.59. The lowest BCUT2D eigenvalue weighted by Crippen LogP contribution is -2.57. The second-order valence-corrected chi connectivity index (χ2v) is 12.8. The average Bonchev–Trinajstić information content (AvgIpc) is 3.12. The summed E-state index contributed by atoms with van der Waals surface area (Å²) in [6.07, 6.45) is 12.1. The van der Waals surface area contributed by atoms with E-state index in [2.05, 4.69) is 38.7 Å². The Kier molecular flexibility index (Phi) is 10.8. The molecule has 42 heavy (non-hydrogen) atoms. The number of likely N-dealkylation sites (N-methyl/N-ethyl adjacent to an activating group) is 1. The number of fused-ring (bicyclic) bond motifs is 1. The summed E-state index contributed by atoms with van der Waals surface area (Å²) in [5, 5.41) is 5.70. The number of allylic oxidation sites excluding steroid dienone is 4. The van der Waals surface area contributed by atoms with Crippen molar-refractivity contribution < 1.29 is 24.0 Å². The Hall–Kier alpha value is -3.27. The standard InChI is InChI=1S/C32H41BrN4O5/c1-20(2)27(29(39)34-3)36-18-16-22(21-11-5-4-6-12-21)19-26(32(36)42)35-28(38)25(33)15-9-10-17-37-30(40)23-13-7-8-14-24(23)31(37)41/h4-8,11,13-14,20-22,25-27H,9-10,12,15-19H2,1-3H3,(H,34,39)(H,35,38)/t21-,22?,25?,26?,27?/m1/s1. The van der Waals surface area contributed by atoms with Crippen molar-refractivity contribution in [1.29, 1.82) is 0 Å². The highest BCUT2D eigenvalue weighted by atomic mass is 79.9. The lowest BCUT2D eigenvalue weighted by atomic mass is 9.81. The maximum atomic E-state index is 13.9. The van der Waals surface area contributed by atoms with Crippen LogP contribution in [0, 0.1) is 17.8 Å². The molecule has 1 aromatic carbocycles. The summed E-state index contributed by atoms with van der Waals surface area (Å²) in [5.74, 6) is -0.935. The summed E-state index contributed by atoms with van der Waals surface area (Å²) in [4.78, 5) is 67.6. The number of carbonyl (C=O) groups is 5. The van der Waals surface area contributed by atoms with Crippen LogP contribution in [0.2, 0.25) is 0 Å². The van der Waals surface area contributed by atoms with Gasteiger partial charge in [0.25, 0.3) is 11.8 Å². The molecular weight excluding hydrogens is 600 g/mol. The fourth-order valence-corrected chi connectivity index (χ4v) is 6.71. The van der Waals surface area contributed by atoms with Crippen molar-refractivity contribution in [2.24, 2.45) is 17.8 Å². The van der Waals surface area contributed by atoms with E-state index in [4.69, 9.17) is 0 Å². The highest BCUT2D eigenvalue weighted by Gasteiger charge is 2.41. The Bertz CT molecular complexity index is 1230. The van der Waals surface area contributed by atoms with Crippen molar-refractivity contribution in [3.8, 4) is 0 Å². The zero-order chi connectivity index (χ0) is 30.4. The van der Waals surface area contributed by atoms with E-state index < -0.39 is 16.9 Å². The summed E-state index contributed by atoms with van der Waals surface area (Å²) < 4.78 is 0. The first-order valence-corrected chi connectivity index (χ1v) is 15.8. The van der Waals surface area contributed by atoms with Crippen molar-refractivity contribution in [3.05, 3.63) is 59.7 Å². The summed E-state index contributed by atoms with van der Waals surface area (Å²) in [6, 6.07) is 5.44. The summed E-state index contributed by atoms with van der Waals surface area (Å²) in [5.41, 5.74) is 0.855. The molecule has 0 aromatic heterocycles. The molecular formula is C32H41BrN4O5. The fraction of sp³-hybridized carbons (Fsp3) is 0.531. The minimum absolute atomic E-state index is 0.0922. The van der Waals surface area contributed by atoms with Crippen LogP contribution in [0.15, 0.2) is 48.6 Å². The number of rotatable bonds is 11. The molecule has 0 bridgehead atoms. The number of nitrogens with one attached hydrogen (secondary N) is 2. The first-order valence-electron chi connectivity index (χ1n) is 14.9. The number of benzene rings is 1. The van der Waals surface area contributed by atoms with E-state index in [-0.39, 0.29) is 53.8 Å². The van der Waals surface area contributed by atoms with Gasteiger partial charge in [-0.05, 0) is 62.0 Å². The number of unbranched alkanes of at least 4 members (excludes halogenated alkanes) is 1. The van der Waals surface area contributed by atoms with Crippen LogP contribution < -0.4 is 10.6 Å². The van der Waals surface area contributed by atoms with E-state index in [1.807, 2.05) is 26.0 Å². The first-order chi connectivity index (χ1) is 20.1. The number of alkyl halides is 1. The Labute approximate surface area is 256 Å². The molecule has 0 saturated carbocycles. The monoisotopic (exact) mass is 640 g/mol. The molecule has 2 heterocycles. The van der Waals surface area contributed by atoms with Crippen molar-refractivity contribution >= 4 is 45.5 Å². The highest BCUT2D eigenvalue weighted by molar-refractivity contribution is 9.10. The summed E-state index contributed by atoms with van der Waals surface area (Å²) in [7, 11) is 1.57. The molecule has 9 nitrogen and oxygen atoms in total. The maximum absolute atomic E-state index is 13.9. The molecule has 10 heteroatoms. The lowest BCUT2D eigenvalue weighted by molar-refractivity contribution is -0.144. The number of halogens is 1. The van der Waals surface area contributed by atoms with Gasteiger partial charge in [0.2, 0.25) is 17.7 Å². The number of imide groups is 1. The second kappa shape index (κ2) is 14.3. The van der Waals surface area contributed by atoms with E-state index in [0.29, 0.717) is 43.4 Å². The van der Waals surface area contributed by atoms with Gasteiger partial charge in [-0.25, -0.2) is 0 Å². The van der Waals surface area contributed by atoms with Crippen molar-refractivity contribution in [3.63, 3.8) is 0 Å². The van der Waals surface area contributed by atoms with E-state index >= 15 is 0 Å². The predicted molar refractivity (Wildman–Crippen MR) is 164 cm³/mol. The topological polar surface area (TPSA) is 116 Å². The van der Waals surface area contributed by atoms with Gasteiger partial charge in [-0.15, -0.1) is 0 Å². The van der Waals surface area contributed by atoms with Crippen LogP contribution in [0.5, 0.6) is 0 Å². The fourth-order valence-electron chi connectivity index (χ4n) is 6.25. The average molecular weight is 642 g/mol. The minimum Gasteiger partial charge on any atom is -0.357 e. The maximum Gasteiger partial charge on any atom is 0.261 e. The van der Waals surface area contributed by atoms with Gasteiger partial charge in [0.15, 0.2) is 0 Å². The summed E-state index contributed by atoms with van der Waals surface area (Å²) >= 11 is 3.49. The normalized spacial score (nSPS) is 23.5. The zero-order valence-corrected chi connectivity index (χ0v) is 26.1. The van der Waals surface area contributed by atoms with Crippen molar-refractivity contribution in [2.45, 2.75) is 69.3 Å². The van der Waals surface area contributed by atoms with Crippen LogP contribution in [0.1, 0.15) is 73.1 Å². The van der Waals surface area contributed by atoms with Gasteiger partial charge >= 0.3 is 0 Å². The van der Waals surface area contributed by atoms with Gasteiger partial charge in [-0.3, -0.25) is 28.9 Å². The number of hydrogen-bond acceptors (Lipinski definition) is 5. The Morgan fingerprint density at radius 2 is 1.71 bits per heavy atom. The molecule has 5 atom stereocenters. The van der Waals surface area contributed by atoms with Gasteiger partial charge in [-0.1, -0.05) is 72.6 Å². The third kappa shape index (κ3) is 7.02. The SMILES string of the molecule is CNC(=O)C(C(C)C)N1CCC([C@@H]2C=CC=CC2)CC(NC(=O)C(Br)CCCCN2C(=O)c3ccccc3C2=O)C1=O. The largest absolute Gasteiger partial charge is 0.357 e. The number of nitrogens with zero attached hydrogens (tertiary/aromatic N) is 2. The first kappa shape index (κ1) is 31.7. The zero-order valence-electron chi connectivity index (χ0n) is 24.6. The lowest BCUT2D eigenvalue weighted by Gasteiger charge is -2.34. The van der Waals surface area contributed by atoms with Crippen LogP contribution in [0.3, 0.4) is 0 Å². The Balaban J connectivity index is 1.37. The molecule has 4 rings (SSSR count). The van der Waals surface area contributed by atoms with Crippen LogP contribution in [0.4, 0.5) is 0 Å². The van der Waals surface area contributed by atoms with E-state index in [1.54, 1.807) is 36.2 Å². The van der Waals surface area contributed by atoms with Crippen LogP contribution in [-0.4, -0.2) is 76.4 Å². The molecule has 1 aromatic rings. The molecule has 4 unspecified atom stereocenters. The Morgan fingerprint density at radius 1 is 1.02 bits per heavy atom. The molecule has 0 spiro atoms. The van der Waals surface area contributed by atoms with Gasteiger partial charge in [0.1, 0.15) is 12.1 Å². The number of carbonyl (C=O) groups excluding carboxylic acids is 5. The van der Waals surface area contributed by atoms with Crippen molar-refractivity contribution in [2.75, 3.05) is 20.1 Å². The molecule has 5 amide bonds. The third-order valence-corrected chi connectivity index (χ3v) is 9.40. The molecule has 1 fully saturated rings. The number of amides is 5. The Morgan fingerprint density at radius 3 is 2.31 bits per heavy atom. The van der Waals surface area contributed by atoms with Gasteiger partial charge in [-0.2, -0.15) is 0 Å². The van der Waals surface area contributed by atoms with Crippen LogP contribution in [-0.2, 0) is 14.4 Å². The minimum atomic E-state index is -0.742. The quantitative estimate of drug-likeness (QED) is 0.217. The van der Waals surface area contributed by atoms with Gasteiger partial charge in [0, 0.05) is 20.1 Å². The van der Waals surface area contributed by atoms with E-state index in [0.717, 1.165) is 12.8 Å². The smallest absolute Gasteiger partial charge is 0.261 e. The molecule has 226 valence electrons. The van der Waals surface area contributed by atoms with Crippen molar-refractivity contribution in [1.82, 2.24) is 20.4 Å². The van der Waals surface area contributed by atoms with Gasteiger partial charge < -0.3 is 15.5 Å². The third-order valence-electron chi connectivity index (χ3n) is 8.53. The van der Waals surface area contributed by atoms with Gasteiger partial charge in [0.05, 0.1) is 16.0 Å². The van der Waals surface area contributed by atoms with Crippen LogP contribution >= 0.6 is 15.9 Å². The number of hydrogen-bond donors (Lipinski definition) is 2. The molecule has 2 aliphatic heterocycles. The molecule has 3 aliphatic rings. The van der Waals surface area contributed by atoms with E-state index in [9.17, 15) is 24.0 Å². The number of likely N-dealkylation sites (tertiary alicyclic amines) is 1. The molecule has 2 N–H and O–H groups in total. The molecule has 0 radical (unpaired) electrons. The molecule has 1 aliphatic carbocycles.